The highest BCUT2D eigenvalue weighted by Gasteiger charge is 2.19. The number of nitrogens with zero attached hydrogens (tertiary/aromatic N) is 1. The molecule has 84 valence electrons. The van der Waals surface area contributed by atoms with Crippen molar-refractivity contribution in [3.8, 4) is 0 Å². The summed E-state index contributed by atoms with van der Waals surface area (Å²) in [5, 5.41) is 0. The smallest absolute Gasteiger partial charge is 0.0109 e. The highest BCUT2D eigenvalue weighted by molar-refractivity contribution is 4.77. The Balaban J connectivity index is 2.16. The maximum atomic E-state index is 5.98. The van der Waals surface area contributed by atoms with Crippen LogP contribution in [0.3, 0.4) is 0 Å². The first-order chi connectivity index (χ1) is 6.51. The maximum absolute atomic E-state index is 5.98. The van der Waals surface area contributed by atoms with Gasteiger partial charge in [-0.2, -0.15) is 0 Å². The molecule has 1 fully saturated rings. The molecule has 2 heteroatoms. The summed E-state index contributed by atoms with van der Waals surface area (Å²) in [4.78, 5) is 2.57. The van der Waals surface area contributed by atoms with Crippen molar-refractivity contribution in [3.63, 3.8) is 0 Å². The first-order valence-corrected chi connectivity index (χ1v) is 6.02. The highest BCUT2D eigenvalue weighted by Crippen LogP contribution is 2.20. The van der Waals surface area contributed by atoms with Crippen LogP contribution in [-0.2, 0) is 0 Å². The summed E-state index contributed by atoms with van der Waals surface area (Å²) >= 11 is 0. The zero-order chi connectivity index (χ0) is 10.6. The van der Waals surface area contributed by atoms with E-state index in [1.54, 1.807) is 0 Å². The molecule has 0 amide bonds. The Morgan fingerprint density at radius 2 is 1.86 bits per heavy atom. The molecule has 0 atom stereocenters. The molecule has 1 heterocycles. The van der Waals surface area contributed by atoms with Gasteiger partial charge in [-0.15, -0.1) is 0 Å². The Labute approximate surface area is 88.8 Å². The molecule has 0 radical (unpaired) electrons. The SMILES string of the molecule is CCC1CCN(CCC(C)(C)N)CC1. The van der Waals surface area contributed by atoms with Gasteiger partial charge in [0.15, 0.2) is 0 Å². The summed E-state index contributed by atoms with van der Waals surface area (Å²) < 4.78 is 0. The molecule has 1 aliphatic heterocycles. The van der Waals surface area contributed by atoms with Gasteiger partial charge in [0.25, 0.3) is 0 Å². The molecule has 14 heavy (non-hydrogen) atoms. The van der Waals surface area contributed by atoms with E-state index in [1.807, 2.05) is 0 Å². The Morgan fingerprint density at radius 3 is 2.29 bits per heavy atom. The van der Waals surface area contributed by atoms with Gasteiger partial charge in [0.05, 0.1) is 0 Å². The monoisotopic (exact) mass is 198 g/mol. The van der Waals surface area contributed by atoms with Gasteiger partial charge in [-0.25, -0.2) is 0 Å². The molecule has 0 spiro atoms. The standard InChI is InChI=1S/C12H26N2/c1-4-11-5-8-14(9-6-11)10-7-12(2,3)13/h11H,4-10,13H2,1-3H3. The predicted octanol–water partition coefficient (Wildman–Crippen LogP) is 2.24. The summed E-state index contributed by atoms with van der Waals surface area (Å²) in [7, 11) is 0. The zero-order valence-electron chi connectivity index (χ0n) is 10.1. The molecular weight excluding hydrogens is 172 g/mol. The lowest BCUT2D eigenvalue weighted by Crippen LogP contribution is -2.40. The fraction of sp³-hybridized carbons (Fsp3) is 1.00. The van der Waals surface area contributed by atoms with Crippen LogP contribution < -0.4 is 5.73 Å². The molecule has 0 aromatic heterocycles. The van der Waals surface area contributed by atoms with Crippen LogP contribution in [0, 0.1) is 5.92 Å². The summed E-state index contributed by atoms with van der Waals surface area (Å²) in [5.74, 6) is 0.983. The van der Waals surface area contributed by atoms with Gasteiger partial charge in [0.1, 0.15) is 0 Å². The second kappa shape index (κ2) is 5.13. The first-order valence-electron chi connectivity index (χ1n) is 6.02. The summed E-state index contributed by atoms with van der Waals surface area (Å²) in [6, 6.07) is 0. The van der Waals surface area contributed by atoms with Gasteiger partial charge in [0, 0.05) is 5.54 Å². The van der Waals surface area contributed by atoms with Crippen molar-refractivity contribution in [1.29, 1.82) is 0 Å². The van der Waals surface area contributed by atoms with E-state index in [0.717, 1.165) is 12.3 Å². The minimum absolute atomic E-state index is 0.00159. The van der Waals surface area contributed by atoms with Gasteiger partial charge >= 0.3 is 0 Å². The van der Waals surface area contributed by atoms with Crippen molar-refractivity contribution >= 4 is 0 Å². The molecule has 0 aliphatic carbocycles. The Morgan fingerprint density at radius 1 is 1.29 bits per heavy atom. The number of rotatable bonds is 4. The minimum atomic E-state index is 0.00159. The van der Waals surface area contributed by atoms with Crippen molar-refractivity contribution in [2.24, 2.45) is 11.7 Å². The Kier molecular flexibility index (Phi) is 4.39. The number of likely N-dealkylation sites (tertiary alicyclic amines) is 1. The quantitative estimate of drug-likeness (QED) is 0.750. The van der Waals surface area contributed by atoms with Crippen LogP contribution >= 0.6 is 0 Å². The molecule has 0 aromatic carbocycles. The van der Waals surface area contributed by atoms with Crippen LogP contribution in [-0.4, -0.2) is 30.1 Å². The van der Waals surface area contributed by atoms with Gasteiger partial charge in [-0.3, -0.25) is 0 Å². The van der Waals surface area contributed by atoms with Crippen LogP contribution in [0.4, 0.5) is 0 Å². The lowest BCUT2D eigenvalue weighted by Gasteiger charge is -2.33. The summed E-state index contributed by atoms with van der Waals surface area (Å²) in [6.07, 6.45) is 5.25. The van der Waals surface area contributed by atoms with Crippen molar-refractivity contribution in [1.82, 2.24) is 4.90 Å². The average Bonchev–Trinajstić information content (AvgIpc) is 2.14. The van der Waals surface area contributed by atoms with Crippen LogP contribution in [0.15, 0.2) is 0 Å². The van der Waals surface area contributed by atoms with E-state index in [1.165, 1.54) is 38.9 Å². The number of hydrogen-bond donors (Lipinski definition) is 1. The van der Waals surface area contributed by atoms with Crippen LogP contribution in [0.5, 0.6) is 0 Å². The fourth-order valence-corrected chi connectivity index (χ4v) is 2.06. The number of piperidine rings is 1. The van der Waals surface area contributed by atoms with Gasteiger partial charge < -0.3 is 10.6 Å². The van der Waals surface area contributed by atoms with Gasteiger partial charge in [-0.1, -0.05) is 13.3 Å². The Hall–Kier alpha value is -0.0800. The van der Waals surface area contributed by atoms with Crippen LogP contribution in [0.2, 0.25) is 0 Å². The number of nitrogens with two attached hydrogens (primary N) is 1. The van der Waals surface area contributed by atoms with Crippen molar-refractivity contribution < 1.29 is 0 Å². The third kappa shape index (κ3) is 4.43. The second-order valence-corrected chi connectivity index (χ2v) is 5.43. The van der Waals surface area contributed by atoms with E-state index in [4.69, 9.17) is 5.73 Å². The molecule has 0 aromatic rings. The van der Waals surface area contributed by atoms with Crippen LogP contribution in [0.1, 0.15) is 46.5 Å². The average molecular weight is 198 g/mol. The molecule has 0 unspecified atom stereocenters. The van der Waals surface area contributed by atoms with Crippen molar-refractivity contribution in [2.45, 2.75) is 52.0 Å². The number of hydrogen-bond acceptors (Lipinski definition) is 2. The van der Waals surface area contributed by atoms with E-state index in [9.17, 15) is 0 Å². The van der Waals surface area contributed by atoms with E-state index in [0.29, 0.717) is 0 Å². The molecule has 1 saturated heterocycles. The first kappa shape index (κ1) is 12.0. The third-order valence-electron chi connectivity index (χ3n) is 3.36. The zero-order valence-corrected chi connectivity index (χ0v) is 10.1. The van der Waals surface area contributed by atoms with Gasteiger partial charge in [-0.05, 0) is 58.7 Å². The molecule has 0 bridgehead atoms. The summed E-state index contributed by atoms with van der Waals surface area (Å²) in [6.45, 7) is 10.3. The van der Waals surface area contributed by atoms with Gasteiger partial charge in [0.2, 0.25) is 0 Å². The largest absolute Gasteiger partial charge is 0.326 e. The molecular formula is C12H26N2. The van der Waals surface area contributed by atoms with E-state index < -0.39 is 0 Å². The van der Waals surface area contributed by atoms with E-state index >= 15 is 0 Å². The van der Waals surface area contributed by atoms with E-state index in [-0.39, 0.29) is 5.54 Å². The normalized spacial score (nSPS) is 21.4. The molecule has 1 aliphatic rings. The molecule has 1 rings (SSSR count). The summed E-state index contributed by atoms with van der Waals surface area (Å²) in [5.41, 5.74) is 5.98. The maximum Gasteiger partial charge on any atom is 0.0109 e. The van der Waals surface area contributed by atoms with Crippen molar-refractivity contribution in [3.05, 3.63) is 0 Å². The predicted molar refractivity (Wildman–Crippen MR) is 62.3 cm³/mol. The topological polar surface area (TPSA) is 29.3 Å². The van der Waals surface area contributed by atoms with Crippen LogP contribution in [0.25, 0.3) is 0 Å². The van der Waals surface area contributed by atoms with E-state index in [2.05, 4.69) is 25.7 Å². The Bertz CT molecular complexity index is 152. The minimum Gasteiger partial charge on any atom is -0.326 e. The molecule has 0 saturated carbocycles. The van der Waals surface area contributed by atoms with Crippen molar-refractivity contribution in [2.75, 3.05) is 19.6 Å². The fourth-order valence-electron chi connectivity index (χ4n) is 2.06. The third-order valence-corrected chi connectivity index (χ3v) is 3.36. The second-order valence-electron chi connectivity index (χ2n) is 5.43. The highest BCUT2D eigenvalue weighted by atomic mass is 15.1. The molecule has 2 nitrogen and oxygen atoms in total. The lowest BCUT2D eigenvalue weighted by atomic mass is 9.93. The molecule has 2 N–H and O–H groups in total. The lowest BCUT2D eigenvalue weighted by molar-refractivity contribution is 0.171.